The topological polar surface area (TPSA) is 98.3 Å². The molecule has 0 aliphatic heterocycles. The van der Waals surface area contributed by atoms with Crippen LogP contribution in [0.4, 0.5) is 13.2 Å². The average molecular weight is 394 g/mol. The Bertz CT molecular complexity index is 656. The fourth-order valence-corrected chi connectivity index (χ4v) is 2.89. The van der Waals surface area contributed by atoms with E-state index in [0.29, 0.717) is 17.2 Å². The van der Waals surface area contributed by atoms with Crippen molar-refractivity contribution in [1.82, 2.24) is 0 Å². The minimum atomic E-state index is -4.49. The van der Waals surface area contributed by atoms with Gasteiger partial charge in [0.05, 0.1) is 12.7 Å². The van der Waals surface area contributed by atoms with Crippen molar-refractivity contribution in [3.05, 3.63) is 41.0 Å². The summed E-state index contributed by atoms with van der Waals surface area (Å²) in [5, 5.41) is 10.2. The summed E-state index contributed by atoms with van der Waals surface area (Å²) in [5.74, 6) is 1.26. The largest absolute Gasteiger partial charge is 0.508 e. The molecule has 146 valence electrons. The first-order chi connectivity index (χ1) is 11.7. The van der Waals surface area contributed by atoms with Crippen LogP contribution in [-0.4, -0.2) is 33.7 Å². The predicted molar refractivity (Wildman–Crippen MR) is 92.8 cm³/mol. The zero-order chi connectivity index (χ0) is 18.6. The number of rotatable bonds is 2. The molecule has 2 aliphatic carbocycles. The summed E-state index contributed by atoms with van der Waals surface area (Å²) in [6, 6.07) is 5.38. The van der Waals surface area contributed by atoms with Gasteiger partial charge in [-0.15, -0.1) is 0 Å². The maximum absolute atomic E-state index is 11.5. The van der Waals surface area contributed by atoms with Crippen LogP contribution in [0.5, 0.6) is 0 Å². The van der Waals surface area contributed by atoms with Crippen LogP contribution in [0.3, 0.4) is 0 Å². The second kappa shape index (κ2) is 9.29. The van der Waals surface area contributed by atoms with E-state index in [9.17, 15) is 23.1 Å². The van der Waals surface area contributed by atoms with Gasteiger partial charge in [-0.1, -0.05) is 6.07 Å². The number of aryl methyl sites for hydroxylation is 1. The molecule has 1 saturated carbocycles. The van der Waals surface area contributed by atoms with Crippen molar-refractivity contribution in [3.63, 3.8) is 0 Å². The zero-order valence-corrected chi connectivity index (χ0v) is 14.9. The van der Waals surface area contributed by atoms with Gasteiger partial charge >= 0.3 is 11.5 Å². The minimum absolute atomic E-state index is 0. The van der Waals surface area contributed by atoms with Crippen molar-refractivity contribution in [2.24, 2.45) is 11.8 Å². The second-order valence-corrected chi connectivity index (χ2v) is 6.64. The summed E-state index contributed by atoms with van der Waals surface area (Å²) >= 11 is -1.12. The number of fused-ring (bicyclic) bond motifs is 1. The highest BCUT2D eigenvalue weighted by molar-refractivity contribution is 7.94. The van der Waals surface area contributed by atoms with Gasteiger partial charge in [0.25, 0.3) is 0 Å². The van der Waals surface area contributed by atoms with E-state index in [1.807, 2.05) is 18.2 Å². The standard InChI is InChI=1S/C16H18O3.CHF3OS.H2O/c1-19-16(18)13-6-7-14-12(8-13)5-4-11(9-15(14)17)10-2-3-10;2-1(3,4)6-5;/h6-11,17H,2-5H2,1H3;5H;1H2. The minimum Gasteiger partial charge on any atom is -0.508 e. The fourth-order valence-electron chi connectivity index (χ4n) is 2.89. The summed E-state index contributed by atoms with van der Waals surface area (Å²) in [4.78, 5) is 11.5. The summed E-state index contributed by atoms with van der Waals surface area (Å²) < 4.78 is 43.4. The first-order valence-corrected chi connectivity index (χ1v) is 8.54. The summed E-state index contributed by atoms with van der Waals surface area (Å²) in [6.45, 7) is 0. The van der Waals surface area contributed by atoms with Crippen LogP contribution in [0.25, 0.3) is 5.76 Å². The first-order valence-electron chi connectivity index (χ1n) is 7.77. The molecule has 0 bridgehead atoms. The Balaban J connectivity index is 0.000000422. The normalized spacial score (nSPS) is 19.0. The van der Waals surface area contributed by atoms with Crippen molar-refractivity contribution in [3.8, 4) is 0 Å². The Morgan fingerprint density at radius 3 is 2.38 bits per heavy atom. The molecule has 5 nitrogen and oxygen atoms in total. The van der Waals surface area contributed by atoms with Crippen LogP contribution in [0.1, 0.15) is 40.7 Å². The summed E-state index contributed by atoms with van der Waals surface area (Å²) in [6.07, 6.45) is 6.51. The van der Waals surface area contributed by atoms with Gasteiger partial charge in [-0.3, -0.25) is 0 Å². The Kier molecular flexibility index (Phi) is 7.98. The molecule has 1 aromatic carbocycles. The molecule has 0 heterocycles. The lowest BCUT2D eigenvalue weighted by atomic mass is 9.96. The molecular weight excluding hydrogens is 373 g/mol. The third kappa shape index (κ3) is 6.22. The second-order valence-electron chi connectivity index (χ2n) is 5.99. The number of hydrogen-bond donors (Lipinski definition) is 2. The number of alkyl halides is 3. The van der Waals surface area contributed by atoms with Crippen LogP contribution in [-0.2, 0) is 11.2 Å². The van der Waals surface area contributed by atoms with E-state index in [2.05, 4.69) is 0 Å². The number of carbonyl (C=O) groups is 1. The molecule has 3 rings (SSSR count). The molecular formula is C17H21F3O5S. The lowest BCUT2D eigenvalue weighted by molar-refractivity contribution is -0.0376. The Labute approximate surface area is 153 Å². The number of aliphatic hydroxyl groups excluding tert-OH is 1. The van der Waals surface area contributed by atoms with Crippen LogP contribution in [0, 0.1) is 11.8 Å². The fraction of sp³-hybridized carbons (Fsp3) is 0.471. The van der Waals surface area contributed by atoms with E-state index in [-0.39, 0.29) is 11.4 Å². The summed E-state index contributed by atoms with van der Waals surface area (Å²) in [5.41, 5.74) is -2.03. The van der Waals surface area contributed by atoms with E-state index < -0.39 is 17.6 Å². The third-order valence-corrected chi connectivity index (χ3v) is 4.46. The maximum Gasteiger partial charge on any atom is 0.467 e. The quantitative estimate of drug-likeness (QED) is 0.578. The van der Waals surface area contributed by atoms with Crippen LogP contribution in [0.15, 0.2) is 24.3 Å². The van der Waals surface area contributed by atoms with Crippen molar-refractivity contribution in [2.75, 3.05) is 7.11 Å². The van der Waals surface area contributed by atoms with Crippen LogP contribution < -0.4 is 0 Å². The van der Waals surface area contributed by atoms with E-state index in [0.717, 1.165) is 29.9 Å². The lowest BCUT2D eigenvalue weighted by Gasteiger charge is -2.09. The highest BCUT2D eigenvalue weighted by Gasteiger charge is 2.31. The molecule has 1 atom stereocenters. The third-order valence-electron chi connectivity index (χ3n) is 4.25. The molecule has 4 N–H and O–H groups in total. The number of hydrogen-bond acceptors (Lipinski definition) is 5. The molecule has 1 unspecified atom stereocenters. The molecule has 26 heavy (non-hydrogen) atoms. The Hall–Kier alpha value is -1.71. The molecule has 1 aromatic rings. The number of ether oxygens (including phenoxy) is 1. The maximum atomic E-state index is 11.5. The number of benzene rings is 1. The van der Waals surface area contributed by atoms with Gasteiger partial charge in [-0.2, -0.15) is 13.2 Å². The molecule has 0 aromatic heterocycles. The van der Waals surface area contributed by atoms with Crippen molar-refractivity contribution in [1.29, 1.82) is 0 Å². The zero-order valence-electron chi connectivity index (χ0n) is 14.0. The molecule has 0 spiro atoms. The van der Waals surface area contributed by atoms with Gasteiger partial charge in [-0.25, -0.2) is 4.79 Å². The van der Waals surface area contributed by atoms with Gasteiger partial charge in [0.2, 0.25) is 0 Å². The van der Waals surface area contributed by atoms with E-state index in [1.54, 1.807) is 6.07 Å². The number of allylic oxidation sites excluding steroid dienone is 1. The highest BCUT2D eigenvalue weighted by atomic mass is 32.2. The Morgan fingerprint density at radius 1 is 1.27 bits per heavy atom. The number of methoxy groups -OCH3 is 1. The number of halogens is 3. The van der Waals surface area contributed by atoms with Gasteiger partial charge in [0, 0.05) is 5.56 Å². The smallest absolute Gasteiger partial charge is 0.467 e. The Morgan fingerprint density at radius 2 is 1.88 bits per heavy atom. The molecule has 0 amide bonds. The van der Waals surface area contributed by atoms with Gasteiger partial charge in [0.15, 0.2) is 0 Å². The highest BCUT2D eigenvalue weighted by Crippen LogP contribution is 2.42. The molecule has 9 heteroatoms. The van der Waals surface area contributed by atoms with Crippen molar-refractivity contribution in [2.45, 2.75) is 31.2 Å². The van der Waals surface area contributed by atoms with E-state index >= 15 is 0 Å². The predicted octanol–water partition coefficient (Wildman–Crippen LogP) is 4.23. The first kappa shape index (κ1) is 22.3. The number of carbonyl (C=O) groups excluding carboxylic acids is 1. The summed E-state index contributed by atoms with van der Waals surface area (Å²) in [7, 11) is 1.38. The molecule has 1 fully saturated rings. The van der Waals surface area contributed by atoms with Crippen LogP contribution >= 0.6 is 12.0 Å². The average Bonchev–Trinajstić information content (AvgIpc) is 3.42. The van der Waals surface area contributed by atoms with Gasteiger partial charge < -0.3 is 19.9 Å². The number of esters is 1. The van der Waals surface area contributed by atoms with Crippen molar-refractivity contribution >= 4 is 23.8 Å². The van der Waals surface area contributed by atoms with E-state index in [4.69, 9.17) is 9.29 Å². The SMILES string of the molecule is COC(=O)c1ccc2c(c1)CCC(C1CC1)C=C2O.O.OSC(F)(F)F. The molecule has 0 radical (unpaired) electrons. The lowest BCUT2D eigenvalue weighted by Crippen LogP contribution is -2.03. The van der Waals surface area contributed by atoms with Crippen molar-refractivity contribution < 1.29 is 37.8 Å². The van der Waals surface area contributed by atoms with Gasteiger partial charge in [-0.05, 0) is 61.3 Å². The molecule has 0 saturated heterocycles. The molecule has 2 aliphatic rings. The van der Waals surface area contributed by atoms with Gasteiger partial charge in [0.1, 0.15) is 17.8 Å². The van der Waals surface area contributed by atoms with Crippen LogP contribution in [0.2, 0.25) is 0 Å². The number of aliphatic hydroxyl groups is 1. The van der Waals surface area contributed by atoms with E-state index in [1.165, 1.54) is 20.0 Å². The monoisotopic (exact) mass is 394 g/mol.